The number of aryl methyl sites for hydroxylation is 1. The van der Waals surface area contributed by atoms with E-state index in [0.29, 0.717) is 17.9 Å². The van der Waals surface area contributed by atoms with E-state index < -0.39 is 17.5 Å². The largest absolute Gasteiger partial charge is 0.482 e. The molecule has 1 aromatic heterocycles. The fraction of sp³-hybridized carbons (Fsp3) is 0.190. The molecule has 1 N–H and O–H groups in total. The molecule has 28 heavy (non-hydrogen) atoms. The maximum Gasteiger partial charge on any atom is 0.344 e. The smallest absolute Gasteiger partial charge is 0.344 e. The third-order valence-electron chi connectivity index (χ3n) is 3.98. The molecule has 2 aromatic carbocycles. The van der Waals surface area contributed by atoms with Gasteiger partial charge in [-0.1, -0.05) is 30.3 Å². The zero-order valence-corrected chi connectivity index (χ0v) is 15.3. The maximum absolute atomic E-state index is 11.8. The summed E-state index contributed by atoms with van der Waals surface area (Å²) in [5.41, 5.74) is 1.65. The molecule has 0 spiro atoms. The Labute approximate surface area is 160 Å². The lowest BCUT2D eigenvalue weighted by molar-refractivity contribution is -0.150. The van der Waals surface area contributed by atoms with Gasteiger partial charge in [-0.25, -0.2) is 9.59 Å². The van der Waals surface area contributed by atoms with Gasteiger partial charge >= 0.3 is 11.6 Å². The van der Waals surface area contributed by atoms with Gasteiger partial charge in [-0.3, -0.25) is 4.79 Å². The van der Waals surface area contributed by atoms with E-state index in [1.54, 1.807) is 19.1 Å². The summed E-state index contributed by atoms with van der Waals surface area (Å²) in [6.45, 7) is 1.41. The van der Waals surface area contributed by atoms with Gasteiger partial charge in [0.05, 0.1) is 0 Å². The van der Waals surface area contributed by atoms with E-state index in [4.69, 9.17) is 13.9 Å². The molecule has 3 rings (SSSR count). The minimum atomic E-state index is -0.680. The van der Waals surface area contributed by atoms with Gasteiger partial charge in [0, 0.05) is 24.1 Å². The Hall–Kier alpha value is -3.61. The molecular formula is C21H19NO6. The second-order valence-electron chi connectivity index (χ2n) is 6.12. The number of fused-ring (bicyclic) bond motifs is 1. The van der Waals surface area contributed by atoms with E-state index in [2.05, 4.69) is 5.32 Å². The second kappa shape index (κ2) is 8.85. The van der Waals surface area contributed by atoms with Gasteiger partial charge in [0.15, 0.2) is 13.2 Å². The van der Waals surface area contributed by atoms with Crippen LogP contribution in [0.15, 0.2) is 63.8 Å². The molecule has 0 fully saturated rings. The molecule has 0 atom stereocenters. The quantitative estimate of drug-likeness (QED) is 0.499. The van der Waals surface area contributed by atoms with Gasteiger partial charge in [-0.2, -0.15) is 0 Å². The predicted molar refractivity (Wildman–Crippen MR) is 102 cm³/mol. The minimum Gasteiger partial charge on any atom is -0.482 e. The lowest BCUT2D eigenvalue weighted by Gasteiger charge is -2.09. The van der Waals surface area contributed by atoms with Crippen LogP contribution in [0.5, 0.6) is 5.75 Å². The van der Waals surface area contributed by atoms with Crippen LogP contribution < -0.4 is 15.7 Å². The van der Waals surface area contributed by atoms with Gasteiger partial charge in [0.25, 0.3) is 5.91 Å². The maximum atomic E-state index is 11.8. The Balaban J connectivity index is 1.45. The average molecular weight is 381 g/mol. The van der Waals surface area contributed by atoms with Crippen molar-refractivity contribution in [3.8, 4) is 5.75 Å². The van der Waals surface area contributed by atoms with Crippen molar-refractivity contribution >= 4 is 22.8 Å². The summed E-state index contributed by atoms with van der Waals surface area (Å²) in [5, 5.41) is 3.44. The number of nitrogens with one attached hydrogen (secondary N) is 1. The molecule has 144 valence electrons. The van der Waals surface area contributed by atoms with E-state index in [1.807, 2.05) is 30.3 Å². The molecule has 0 unspecified atom stereocenters. The second-order valence-corrected chi connectivity index (χ2v) is 6.12. The van der Waals surface area contributed by atoms with E-state index in [0.717, 1.165) is 16.5 Å². The van der Waals surface area contributed by atoms with Crippen molar-refractivity contribution in [2.75, 3.05) is 13.2 Å². The molecule has 0 aliphatic heterocycles. The first kappa shape index (κ1) is 19.2. The Kier molecular flexibility index (Phi) is 6.06. The molecule has 3 aromatic rings. The molecular weight excluding hydrogens is 362 g/mol. The van der Waals surface area contributed by atoms with Gasteiger partial charge in [0.2, 0.25) is 0 Å². The molecule has 0 saturated carbocycles. The van der Waals surface area contributed by atoms with Crippen molar-refractivity contribution < 1.29 is 23.5 Å². The summed E-state index contributed by atoms with van der Waals surface area (Å²) < 4.78 is 15.4. The Bertz CT molecular complexity index is 1040. The number of carbonyl (C=O) groups is 2. The molecule has 7 nitrogen and oxygen atoms in total. The standard InChI is InChI=1S/C21H19NO6/c1-14-9-20(24)28-18-10-16(7-8-17(14)18)26-13-21(25)27-12-19(23)22-11-15-5-3-2-4-6-15/h2-10H,11-13H2,1H3,(H,22,23). The number of ether oxygens (including phenoxy) is 2. The van der Waals surface area contributed by atoms with Crippen molar-refractivity contribution in [1.82, 2.24) is 5.32 Å². The number of carbonyl (C=O) groups excluding carboxylic acids is 2. The molecule has 0 aliphatic rings. The molecule has 0 radical (unpaired) electrons. The molecule has 1 heterocycles. The van der Waals surface area contributed by atoms with Crippen molar-refractivity contribution in [1.29, 1.82) is 0 Å². The zero-order chi connectivity index (χ0) is 19.9. The monoisotopic (exact) mass is 381 g/mol. The summed E-state index contributed by atoms with van der Waals surface area (Å²) in [5.74, 6) is -0.729. The number of hydrogen-bond donors (Lipinski definition) is 1. The van der Waals surface area contributed by atoms with E-state index in [1.165, 1.54) is 12.1 Å². The lowest BCUT2D eigenvalue weighted by atomic mass is 10.1. The van der Waals surface area contributed by atoms with E-state index in [-0.39, 0.29) is 13.2 Å². The number of benzene rings is 2. The van der Waals surface area contributed by atoms with Gasteiger partial charge in [-0.05, 0) is 30.2 Å². The van der Waals surface area contributed by atoms with Crippen molar-refractivity contribution in [2.24, 2.45) is 0 Å². The summed E-state index contributed by atoms with van der Waals surface area (Å²) in [6.07, 6.45) is 0. The SMILES string of the molecule is Cc1cc(=O)oc2cc(OCC(=O)OCC(=O)NCc3ccccc3)ccc12. The Morgan fingerprint density at radius 2 is 1.82 bits per heavy atom. The van der Waals surface area contributed by atoms with E-state index in [9.17, 15) is 14.4 Å². The highest BCUT2D eigenvalue weighted by atomic mass is 16.6. The summed E-state index contributed by atoms with van der Waals surface area (Å²) in [4.78, 5) is 35.0. The Morgan fingerprint density at radius 1 is 1.04 bits per heavy atom. The number of amides is 1. The first-order valence-corrected chi connectivity index (χ1v) is 8.65. The first-order chi connectivity index (χ1) is 13.5. The van der Waals surface area contributed by atoms with Crippen LogP contribution in [0.25, 0.3) is 11.0 Å². The number of rotatable bonds is 7. The van der Waals surface area contributed by atoms with Crippen LogP contribution in [0, 0.1) is 6.92 Å². The van der Waals surface area contributed by atoms with Crippen LogP contribution in [0.1, 0.15) is 11.1 Å². The van der Waals surface area contributed by atoms with Crippen LogP contribution in [0.3, 0.4) is 0 Å². The number of hydrogen-bond acceptors (Lipinski definition) is 6. The van der Waals surface area contributed by atoms with Crippen LogP contribution in [-0.4, -0.2) is 25.1 Å². The summed E-state index contributed by atoms with van der Waals surface area (Å²) in [7, 11) is 0. The highest BCUT2D eigenvalue weighted by molar-refractivity contribution is 5.82. The normalized spacial score (nSPS) is 10.5. The molecule has 0 aliphatic carbocycles. The first-order valence-electron chi connectivity index (χ1n) is 8.65. The highest BCUT2D eigenvalue weighted by Gasteiger charge is 2.10. The predicted octanol–water partition coefficient (Wildman–Crippen LogP) is 2.34. The number of esters is 1. The van der Waals surface area contributed by atoms with Gasteiger partial charge < -0.3 is 19.2 Å². The topological polar surface area (TPSA) is 94.8 Å². The third-order valence-corrected chi connectivity index (χ3v) is 3.98. The highest BCUT2D eigenvalue weighted by Crippen LogP contribution is 2.22. The molecule has 1 amide bonds. The summed E-state index contributed by atoms with van der Waals surface area (Å²) in [6, 6.07) is 15.7. The van der Waals surface area contributed by atoms with Crippen LogP contribution in [-0.2, 0) is 20.9 Å². The van der Waals surface area contributed by atoms with Gasteiger partial charge in [-0.15, -0.1) is 0 Å². The molecule has 0 saturated heterocycles. The molecule has 0 bridgehead atoms. The van der Waals surface area contributed by atoms with Gasteiger partial charge in [0.1, 0.15) is 11.3 Å². The van der Waals surface area contributed by atoms with Crippen LogP contribution in [0.2, 0.25) is 0 Å². The third kappa shape index (κ3) is 5.20. The van der Waals surface area contributed by atoms with E-state index >= 15 is 0 Å². The minimum absolute atomic E-state index is 0.353. The lowest BCUT2D eigenvalue weighted by Crippen LogP contribution is -2.29. The fourth-order valence-corrected chi connectivity index (χ4v) is 2.57. The van der Waals surface area contributed by atoms with Crippen LogP contribution in [0.4, 0.5) is 0 Å². The van der Waals surface area contributed by atoms with Crippen molar-refractivity contribution in [2.45, 2.75) is 13.5 Å². The fourth-order valence-electron chi connectivity index (χ4n) is 2.57. The zero-order valence-electron chi connectivity index (χ0n) is 15.3. The van der Waals surface area contributed by atoms with Crippen molar-refractivity contribution in [3.05, 3.63) is 76.1 Å². The van der Waals surface area contributed by atoms with Crippen LogP contribution >= 0.6 is 0 Å². The Morgan fingerprint density at radius 3 is 2.61 bits per heavy atom. The average Bonchev–Trinajstić information content (AvgIpc) is 2.69. The van der Waals surface area contributed by atoms with Crippen molar-refractivity contribution in [3.63, 3.8) is 0 Å². The summed E-state index contributed by atoms with van der Waals surface area (Å²) >= 11 is 0. The molecule has 7 heteroatoms.